The summed E-state index contributed by atoms with van der Waals surface area (Å²) in [4.78, 5) is 20.3. The molecule has 0 radical (unpaired) electrons. The zero-order chi connectivity index (χ0) is 17.2. The molecule has 0 saturated heterocycles. The first kappa shape index (κ1) is 15.4. The molecule has 0 spiro atoms. The van der Waals surface area contributed by atoms with Gasteiger partial charge in [0.05, 0.1) is 24.1 Å². The number of aromatic nitrogens is 4. The van der Waals surface area contributed by atoms with Crippen molar-refractivity contribution in [2.75, 3.05) is 0 Å². The van der Waals surface area contributed by atoms with E-state index in [4.69, 9.17) is 0 Å². The number of benzene rings is 1. The van der Waals surface area contributed by atoms with Crippen LogP contribution in [0.2, 0.25) is 0 Å². The summed E-state index contributed by atoms with van der Waals surface area (Å²) in [5, 5.41) is 7.45. The van der Waals surface area contributed by atoms with Crippen molar-refractivity contribution in [2.45, 2.75) is 25.3 Å². The van der Waals surface area contributed by atoms with Gasteiger partial charge in [-0.2, -0.15) is 5.10 Å². The van der Waals surface area contributed by atoms with E-state index < -0.39 is 0 Å². The molecule has 0 fully saturated rings. The number of hydrogen-bond acceptors (Lipinski definition) is 4. The molecule has 25 heavy (non-hydrogen) atoms. The number of halogens is 1. The molecule has 4 rings (SSSR count). The number of nitrogens with zero attached hydrogens (tertiary/aromatic N) is 4. The number of carbonyl (C=O) groups is 1. The van der Waals surface area contributed by atoms with E-state index >= 15 is 0 Å². The fraction of sp³-hybridized carbons (Fsp3) is 0.222. The lowest BCUT2D eigenvalue weighted by Crippen LogP contribution is -2.31. The van der Waals surface area contributed by atoms with Crippen LogP contribution < -0.4 is 5.32 Å². The Labute approximate surface area is 143 Å². The van der Waals surface area contributed by atoms with Gasteiger partial charge in [-0.3, -0.25) is 9.78 Å². The Morgan fingerprint density at radius 1 is 1.20 bits per heavy atom. The van der Waals surface area contributed by atoms with Crippen LogP contribution >= 0.6 is 0 Å². The van der Waals surface area contributed by atoms with Crippen LogP contribution in [0.1, 0.15) is 40.6 Å². The maximum absolute atomic E-state index is 13.1. The maximum Gasteiger partial charge on any atom is 0.271 e. The summed E-state index contributed by atoms with van der Waals surface area (Å²) >= 11 is 0. The highest BCUT2D eigenvalue weighted by Crippen LogP contribution is 2.31. The number of hydrogen-bond donors (Lipinski definition) is 1. The van der Waals surface area contributed by atoms with Crippen LogP contribution in [0.3, 0.4) is 0 Å². The molecule has 1 N–H and O–H groups in total. The predicted octanol–water partition coefficient (Wildman–Crippen LogP) is 2.61. The number of nitrogens with one attached hydrogen (secondary N) is 1. The molecule has 0 bridgehead atoms. The van der Waals surface area contributed by atoms with Crippen LogP contribution in [0.4, 0.5) is 4.39 Å². The minimum atomic E-state index is -0.279. The van der Waals surface area contributed by atoms with Gasteiger partial charge in [0.2, 0.25) is 0 Å². The number of rotatable bonds is 3. The molecule has 6 nitrogen and oxygen atoms in total. The lowest BCUT2D eigenvalue weighted by molar-refractivity contribution is 0.0927. The topological polar surface area (TPSA) is 72.7 Å². The molecule has 1 atom stereocenters. The van der Waals surface area contributed by atoms with Gasteiger partial charge in [0.1, 0.15) is 11.5 Å². The van der Waals surface area contributed by atoms with Crippen LogP contribution in [-0.2, 0) is 6.42 Å². The van der Waals surface area contributed by atoms with Crippen molar-refractivity contribution in [1.29, 1.82) is 0 Å². The smallest absolute Gasteiger partial charge is 0.271 e. The highest BCUT2D eigenvalue weighted by molar-refractivity contribution is 5.92. The molecule has 3 aromatic rings. The third-order valence-electron chi connectivity index (χ3n) is 4.36. The van der Waals surface area contributed by atoms with E-state index in [1.165, 1.54) is 30.7 Å². The Morgan fingerprint density at radius 3 is 2.80 bits per heavy atom. The van der Waals surface area contributed by atoms with E-state index in [0.717, 1.165) is 36.2 Å². The highest BCUT2D eigenvalue weighted by Gasteiger charge is 2.26. The monoisotopic (exact) mass is 337 g/mol. The van der Waals surface area contributed by atoms with Crippen molar-refractivity contribution < 1.29 is 9.18 Å². The zero-order valence-electron chi connectivity index (χ0n) is 13.4. The van der Waals surface area contributed by atoms with Gasteiger partial charge in [-0.15, -0.1) is 0 Å². The molecule has 2 aromatic heterocycles. The lowest BCUT2D eigenvalue weighted by Gasteiger charge is -2.24. The summed E-state index contributed by atoms with van der Waals surface area (Å²) in [6, 6.07) is 6.11. The minimum Gasteiger partial charge on any atom is -0.344 e. The SMILES string of the molecule is O=C(NC1CCCc2c1cnn2-c1ccc(F)cc1)c1cnccn1. The number of fused-ring (bicyclic) bond motifs is 1. The van der Waals surface area contributed by atoms with Crippen LogP contribution in [0.5, 0.6) is 0 Å². The van der Waals surface area contributed by atoms with E-state index in [9.17, 15) is 9.18 Å². The average Bonchev–Trinajstić information content (AvgIpc) is 3.08. The Morgan fingerprint density at radius 2 is 2.04 bits per heavy atom. The summed E-state index contributed by atoms with van der Waals surface area (Å²) in [5.41, 5.74) is 3.14. The molecule has 1 aliphatic rings. The molecule has 0 saturated carbocycles. The van der Waals surface area contributed by atoms with Crippen LogP contribution in [0, 0.1) is 5.82 Å². The molecular weight excluding hydrogens is 321 g/mol. The second-order valence-electron chi connectivity index (χ2n) is 5.94. The van der Waals surface area contributed by atoms with Gasteiger partial charge in [-0.25, -0.2) is 14.1 Å². The first-order valence-corrected chi connectivity index (χ1v) is 8.12. The van der Waals surface area contributed by atoms with Crippen molar-refractivity contribution in [3.63, 3.8) is 0 Å². The normalized spacial score (nSPS) is 16.3. The van der Waals surface area contributed by atoms with Crippen LogP contribution in [0.25, 0.3) is 5.69 Å². The summed E-state index contributed by atoms with van der Waals surface area (Å²) in [6.45, 7) is 0. The summed E-state index contributed by atoms with van der Waals surface area (Å²) < 4.78 is 15.0. The lowest BCUT2D eigenvalue weighted by atomic mass is 9.92. The van der Waals surface area contributed by atoms with Crippen molar-refractivity contribution >= 4 is 5.91 Å². The second kappa shape index (κ2) is 6.43. The minimum absolute atomic E-state index is 0.118. The summed E-state index contributed by atoms with van der Waals surface area (Å²) in [5.74, 6) is -0.528. The van der Waals surface area contributed by atoms with Crippen molar-refractivity contribution in [3.8, 4) is 5.69 Å². The largest absolute Gasteiger partial charge is 0.344 e. The van der Waals surface area contributed by atoms with E-state index in [2.05, 4.69) is 20.4 Å². The maximum atomic E-state index is 13.1. The molecule has 126 valence electrons. The third kappa shape index (κ3) is 3.00. The number of amides is 1. The van der Waals surface area contributed by atoms with E-state index in [1.807, 2.05) is 4.68 Å². The molecule has 1 aliphatic carbocycles. The second-order valence-corrected chi connectivity index (χ2v) is 5.94. The van der Waals surface area contributed by atoms with Crippen LogP contribution in [0.15, 0.2) is 49.1 Å². The molecular formula is C18H16FN5O. The first-order valence-electron chi connectivity index (χ1n) is 8.12. The van der Waals surface area contributed by atoms with Gasteiger partial charge in [0.15, 0.2) is 0 Å². The Hall–Kier alpha value is -3.09. The van der Waals surface area contributed by atoms with Gasteiger partial charge < -0.3 is 5.32 Å². The fourth-order valence-corrected chi connectivity index (χ4v) is 3.16. The molecule has 0 aliphatic heterocycles. The van der Waals surface area contributed by atoms with Crippen LogP contribution in [-0.4, -0.2) is 25.7 Å². The fourth-order valence-electron chi connectivity index (χ4n) is 3.16. The summed E-state index contributed by atoms with van der Waals surface area (Å²) in [6.07, 6.45) is 8.89. The predicted molar refractivity (Wildman–Crippen MR) is 88.7 cm³/mol. The average molecular weight is 337 g/mol. The molecule has 1 aromatic carbocycles. The van der Waals surface area contributed by atoms with E-state index in [1.54, 1.807) is 18.3 Å². The van der Waals surface area contributed by atoms with E-state index in [-0.39, 0.29) is 17.8 Å². The first-order chi connectivity index (χ1) is 12.2. The molecule has 2 heterocycles. The van der Waals surface area contributed by atoms with E-state index in [0.29, 0.717) is 5.69 Å². The quantitative estimate of drug-likeness (QED) is 0.797. The molecule has 1 unspecified atom stereocenters. The Balaban J connectivity index is 1.61. The van der Waals surface area contributed by atoms with Crippen molar-refractivity contribution in [3.05, 3.63) is 71.8 Å². The third-order valence-corrected chi connectivity index (χ3v) is 4.36. The highest BCUT2D eigenvalue weighted by atomic mass is 19.1. The van der Waals surface area contributed by atoms with Crippen molar-refractivity contribution in [1.82, 2.24) is 25.1 Å². The molecule has 1 amide bonds. The molecule has 7 heteroatoms. The Kier molecular flexibility index (Phi) is 3.97. The summed E-state index contributed by atoms with van der Waals surface area (Å²) in [7, 11) is 0. The van der Waals surface area contributed by atoms with Gasteiger partial charge >= 0.3 is 0 Å². The number of carbonyl (C=O) groups excluding carboxylic acids is 1. The zero-order valence-corrected chi connectivity index (χ0v) is 13.4. The standard InChI is InChI=1S/C18H16FN5O/c19-12-4-6-13(7-5-12)24-17-3-1-2-15(14(17)10-22-24)23-18(25)16-11-20-8-9-21-16/h4-11,15H,1-3H2,(H,23,25). The van der Waals surface area contributed by atoms with Crippen molar-refractivity contribution in [2.24, 2.45) is 0 Å². The Bertz CT molecular complexity index is 892. The van der Waals surface area contributed by atoms with Gasteiger partial charge in [0, 0.05) is 23.7 Å². The van der Waals surface area contributed by atoms with Gasteiger partial charge in [-0.05, 0) is 43.5 Å². The van der Waals surface area contributed by atoms with Gasteiger partial charge in [-0.1, -0.05) is 0 Å². The van der Waals surface area contributed by atoms with Gasteiger partial charge in [0.25, 0.3) is 5.91 Å².